The summed E-state index contributed by atoms with van der Waals surface area (Å²) in [6, 6.07) is 47.4. The number of hydrogen-bond donors (Lipinski definition) is 1. The highest BCUT2D eigenvalue weighted by molar-refractivity contribution is 5.89. The molecule has 0 aliphatic heterocycles. The zero-order chi connectivity index (χ0) is 35.2. The Kier molecular flexibility index (Phi) is 9.63. The van der Waals surface area contributed by atoms with Crippen LogP contribution in [0.5, 0.6) is 0 Å². The van der Waals surface area contributed by atoms with Crippen LogP contribution in [-0.4, -0.2) is 47.9 Å². The molecule has 9 nitrogen and oxygen atoms in total. The molecule has 0 bridgehead atoms. The minimum atomic E-state index is -0.884. The smallest absolute Gasteiger partial charge is 0.356 e. The van der Waals surface area contributed by atoms with Crippen LogP contribution in [0.3, 0.4) is 0 Å². The van der Waals surface area contributed by atoms with E-state index in [-0.39, 0.29) is 12.3 Å². The molecule has 7 rings (SSSR count). The first-order valence-electron chi connectivity index (χ1n) is 17.0. The summed E-state index contributed by atoms with van der Waals surface area (Å²) in [7, 11) is 1.34. The second kappa shape index (κ2) is 14.7. The molecule has 0 saturated heterocycles. The van der Waals surface area contributed by atoms with Crippen molar-refractivity contribution in [1.82, 2.24) is 29.8 Å². The first kappa shape index (κ1) is 33.3. The summed E-state index contributed by atoms with van der Waals surface area (Å²) in [6.45, 7) is 2.12. The molecule has 254 valence electrons. The largest absolute Gasteiger partial charge is 0.464 e. The molecule has 0 unspecified atom stereocenters. The van der Waals surface area contributed by atoms with E-state index < -0.39 is 11.5 Å². The van der Waals surface area contributed by atoms with Gasteiger partial charge in [0.2, 0.25) is 0 Å². The predicted molar refractivity (Wildman–Crippen MR) is 196 cm³/mol. The van der Waals surface area contributed by atoms with Crippen molar-refractivity contribution in [2.24, 2.45) is 0 Å². The molecule has 51 heavy (non-hydrogen) atoms. The number of rotatable bonds is 12. The van der Waals surface area contributed by atoms with Gasteiger partial charge in [0.1, 0.15) is 11.4 Å². The van der Waals surface area contributed by atoms with Gasteiger partial charge >= 0.3 is 5.97 Å². The molecule has 2 aromatic heterocycles. The molecule has 0 spiro atoms. The second-order valence-electron chi connectivity index (χ2n) is 12.3. The maximum absolute atomic E-state index is 12.8. The molecule has 7 aromatic rings. The van der Waals surface area contributed by atoms with E-state index in [0.717, 1.165) is 51.2 Å². The van der Waals surface area contributed by atoms with Crippen LogP contribution in [0.2, 0.25) is 0 Å². The summed E-state index contributed by atoms with van der Waals surface area (Å²) in [5.41, 5.74) is 6.60. The van der Waals surface area contributed by atoms with Crippen molar-refractivity contribution < 1.29 is 14.6 Å². The SMILES string of the molecule is CCCc1nc(CO)c(C(=O)OC)n1Cc1ccc(-c2ccccc2-c2nnnn2C(c2ccccc2)(c2ccccc2)c2ccccc2)cc1. The van der Waals surface area contributed by atoms with Crippen LogP contribution >= 0.6 is 0 Å². The zero-order valence-electron chi connectivity index (χ0n) is 28.6. The molecule has 1 N–H and O–H groups in total. The van der Waals surface area contributed by atoms with E-state index in [4.69, 9.17) is 9.95 Å². The Labute approximate surface area is 296 Å². The molecule has 0 amide bonds. The first-order valence-corrected chi connectivity index (χ1v) is 17.0. The maximum atomic E-state index is 12.8. The average Bonchev–Trinajstić information content (AvgIpc) is 3.82. The summed E-state index contributed by atoms with van der Waals surface area (Å²) in [6.07, 6.45) is 1.51. The number of nitrogens with zero attached hydrogens (tertiary/aromatic N) is 6. The molecule has 2 heterocycles. The highest BCUT2D eigenvalue weighted by Crippen LogP contribution is 2.43. The molecular weight excluding hydrogens is 637 g/mol. The number of esters is 1. The lowest BCUT2D eigenvalue weighted by molar-refractivity contribution is 0.0584. The Bertz CT molecular complexity index is 2130. The molecule has 0 aliphatic rings. The molecule has 0 fully saturated rings. The van der Waals surface area contributed by atoms with Crippen molar-refractivity contribution in [3.05, 3.63) is 179 Å². The second-order valence-corrected chi connectivity index (χ2v) is 12.3. The number of hydrogen-bond acceptors (Lipinski definition) is 7. The lowest BCUT2D eigenvalue weighted by atomic mass is 9.77. The monoisotopic (exact) mass is 674 g/mol. The zero-order valence-corrected chi connectivity index (χ0v) is 28.6. The van der Waals surface area contributed by atoms with Crippen molar-refractivity contribution in [2.45, 2.75) is 38.5 Å². The van der Waals surface area contributed by atoms with Crippen molar-refractivity contribution in [2.75, 3.05) is 7.11 Å². The van der Waals surface area contributed by atoms with Gasteiger partial charge in [-0.25, -0.2) is 14.5 Å². The molecule has 0 aliphatic carbocycles. The van der Waals surface area contributed by atoms with Crippen molar-refractivity contribution in [3.8, 4) is 22.5 Å². The van der Waals surface area contributed by atoms with Crippen LogP contribution in [0.15, 0.2) is 140 Å². The highest BCUT2D eigenvalue weighted by atomic mass is 16.5. The quantitative estimate of drug-likeness (QED) is 0.107. The number of ether oxygens (including phenoxy) is 1. The Balaban J connectivity index is 1.34. The highest BCUT2D eigenvalue weighted by Gasteiger charge is 2.42. The third-order valence-corrected chi connectivity index (χ3v) is 9.26. The molecule has 0 radical (unpaired) electrons. The number of aryl methyl sites for hydroxylation is 1. The summed E-state index contributed by atoms with van der Waals surface area (Å²) in [4.78, 5) is 17.3. The summed E-state index contributed by atoms with van der Waals surface area (Å²) in [5, 5.41) is 23.7. The van der Waals surface area contributed by atoms with Gasteiger partial charge in [0, 0.05) is 18.5 Å². The molecule has 5 aromatic carbocycles. The van der Waals surface area contributed by atoms with Crippen LogP contribution in [0, 0.1) is 0 Å². The van der Waals surface area contributed by atoms with E-state index in [0.29, 0.717) is 24.5 Å². The number of benzene rings is 5. The fraction of sp³-hybridized carbons (Fsp3) is 0.167. The number of aromatic nitrogens is 6. The van der Waals surface area contributed by atoms with Crippen LogP contribution in [0.25, 0.3) is 22.5 Å². The lowest BCUT2D eigenvalue weighted by Crippen LogP contribution is -2.39. The molecule has 0 atom stereocenters. The number of tetrazole rings is 1. The van der Waals surface area contributed by atoms with Crippen LogP contribution in [-0.2, 0) is 29.8 Å². The molecular formula is C42H38N6O3. The first-order chi connectivity index (χ1) is 25.1. The third kappa shape index (κ3) is 6.13. The summed E-state index contributed by atoms with van der Waals surface area (Å²) >= 11 is 0. The minimum absolute atomic E-state index is 0.281. The molecule has 0 saturated carbocycles. The van der Waals surface area contributed by atoms with E-state index in [2.05, 4.69) is 82.9 Å². The number of carbonyl (C=O) groups excluding carboxylic acids is 1. The summed E-state index contributed by atoms with van der Waals surface area (Å²) < 4.78 is 8.86. The van der Waals surface area contributed by atoms with Crippen molar-refractivity contribution in [1.29, 1.82) is 0 Å². The van der Waals surface area contributed by atoms with Gasteiger partial charge in [0.15, 0.2) is 11.5 Å². The van der Waals surface area contributed by atoms with Gasteiger partial charge in [-0.15, -0.1) is 5.10 Å². The number of imidazole rings is 1. The van der Waals surface area contributed by atoms with Crippen molar-refractivity contribution >= 4 is 5.97 Å². The van der Waals surface area contributed by atoms with Gasteiger partial charge in [-0.3, -0.25) is 0 Å². The van der Waals surface area contributed by atoms with E-state index >= 15 is 0 Å². The number of carbonyl (C=O) groups is 1. The fourth-order valence-corrected chi connectivity index (χ4v) is 6.96. The number of aliphatic hydroxyl groups excluding tert-OH is 1. The Morgan fingerprint density at radius 1 is 0.745 bits per heavy atom. The predicted octanol–water partition coefficient (Wildman–Crippen LogP) is 7.32. The van der Waals surface area contributed by atoms with E-state index in [1.165, 1.54) is 7.11 Å². The number of aliphatic hydroxyl groups is 1. The van der Waals surface area contributed by atoms with Crippen molar-refractivity contribution in [3.63, 3.8) is 0 Å². The van der Waals surface area contributed by atoms with E-state index in [9.17, 15) is 9.90 Å². The fourth-order valence-electron chi connectivity index (χ4n) is 6.96. The van der Waals surface area contributed by atoms with E-state index in [1.54, 1.807) is 0 Å². The van der Waals surface area contributed by atoms with E-state index in [1.807, 2.05) is 88.1 Å². The van der Waals surface area contributed by atoms with Gasteiger partial charge in [0.05, 0.1) is 19.4 Å². The Hall–Kier alpha value is -6.19. The van der Waals surface area contributed by atoms with Crippen LogP contribution in [0.4, 0.5) is 0 Å². The summed E-state index contributed by atoms with van der Waals surface area (Å²) in [5.74, 6) is 0.838. The van der Waals surface area contributed by atoms with Gasteiger partial charge < -0.3 is 14.4 Å². The average molecular weight is 675 g/mol. The Morgan fingerprint density at radius 2 is 1.29 bits per heavy atom. The van der Waals surface area contributed by atoms with Gasteiger partial charge in [-0.1, -0.05) is 146 Å². The van der Waals surface area contributed by atoms with Gasteiger partial charge in [-0.05, 0) is 50.2 Å². The van der Waals surface area contributed by atoms with Crippen LogP contribution in [0.1, 0.15) is 57.6 Å². The van der Waals surface area contributed by atoms with Gasteiger partial charge in [-0.2, -0.15) is 0 Å². The normalized spacial score (nSPS) is 11.4. The Morgan fingerprint density at radius 3 is 1.82 bits per heavy atom. The number of methoxy groups -OCH3 is 1. The third-order valence-electron chi connectivity index (χ3n) is 9.26. The van der Waals surface area contributed by atoms with Crippen LogP contribution < -0.4 is 0 Å². The lowest BCUT2D eigenvalue weighted by Gasteiger charge is -2.36. The maximum Gasteiger partial charge on any atom is 0.356 e. The standard InChI is InChI=1S/C42H38N6O3/c1-3-15-38-43-37(29-49)39(41(50)51-2)47(38)28-30-24-26-31(27-25-30)35-22-13-14-23-36(35)40-44-45-46-48(40)42(32-16-7-4-8-17-32,33-18-9-5-10-19-33)34-20-11-6-12-21-34/h4-14,16-27,49H,3,15,28-29H2,1-2H3. The molecule has 9 heteroatoms. The van der Waals surface area contributed by atoms with Gasteiger partial charge in [0.25, 0.3) is 0 Å². The topological polar surface area (TPSA) is 108 Å². The minimum Gasteiger partial charge on any atom is -0.464 e.